The molecule has 0 radical (unpaired) electrons. The molecule has 0 amide bonds. The zero-order valence-electron chi connectivity index (χ0n) is 21.3. The number of carbonyl (C=O) groups is 3. The summed E-state index contributed by atoms with van der Waals surface area (Å²) in [5.41, 5.74) is 1.40. The molecule has 0 bridgehead atoms. The van der Waals surface area contributed by atoms with Crippen molar-refractivity contribution in [2.75, 3.05) is 6.61 Å². The molecule has 12 heteroatoms. The van der Waals surface area contributed by atoms with E-state index < -0.39 is 50.3 Å². The monoisotopic (exact) mass is 550 g/mol. The summed E-state index contributed by atoms with van der Waals surface area (Å²) in [5.74, 6) is -1.92. The van der Waals surface area contributed by atoms with Crippen molar-refractivity contribution in [3.8, 4) is 0 Å². The van der Waals surface area contributed by atoms with Crippen LogP contribution in [0.15, 0.2) is 60.7 Å². The predicted octanol–water partition coefficient (Wildman–Crippen LogP) is 4.09. The van der Waals surface area contributed by atoms with E-state index in [1.54, 1.807) is 48.5 Å². The van der Waals surface area contributed by atoms with Gasteiger partial charge in [0.25, 0.3) is 0 Å². The maximum atomic E-state index is 13.9. The van der Waals surface area contributed by atoms with Crippen molar-refractivity contribution < 1.29 is 51.5 Å². The summed E-state index contributed by atoms with van der Waals surface area (Å²) >= 11 is 0. The van der Waals surface area contributed by atoms with Crippen molar-refractivity contribution in [2.24, 2.45) is 0 Å². The van der Waals surface area contributed by atoms with Crippen LogP contribution in [0.5, 0.6) is 0 Å². The Morgan fingerprint density at radius 3 is 1.82 bits per heavy atom. The minimum absolute atomic E-state index is 0.0186. The number of hydrogen-bond donors (Lipinski definition) is 0. The van der Waals surface area contributed by atoms with E-state index in [0.717, 1.165) is 6.92 Å². The summed E-state index contributed by atoms with van der Waals surface area (Å²) in [6, 6.07) is 17.9. The van der Waals surface area contributed by atoms with Gasteiger partial charge in [-0.05, 0) is 11.1 Å². The molecule has 206 valence electrons. The minimum atomic E-state index is -4.39. The van der Waals surface area contributed by atoms with Gasteiger partial charge in [0.2, 0.25) is 6.29 Å². The lowest BCUT2D eigenvalue weighted by Gasteiger charge is -2.40. The minimum Gasteiger partial charge on any atom is -0.463 e. The highest BCUT2D eigenvalue weighted by molar-refractivity contribution is 7.48. The average molecular weight is 550 g/mol. The van der Waals surface area contributed by atoms with E-state index in [1.165, 1.54) is 13.8 Å². The fourth-order valence-electron chi connectivity index (χ4n) is 3.63. The Bertz CT molecular complexity index is 1060. The quantitative estimate of drug-likeness (QED) is 0.215. The van der Waals surface area contributed by atoms with Gasteiger partial charge in [-0.1, -0.05) is 60.7 Å². The van der Waals surface area contributed by atoms with Gasteiger partial charge in [0.15, 0.2) is 6.10 Å². The molecule has 1 saturated heterocycles. The first-order valence-corrected chi connectivity index (χ1v) is 13.4. The summed E-state index contributed by atoms with van der Waals surface area (Å²) in [5, 5.41) is 0. The van der Waals surface area contributed by atoms with Gasteiger partial charge < -0.3 is 18.9 Å². The molecule has 2 aromatic rings. The van der Waals surface area contributed by atoms with Crippen LogP contribution in [-0.2, 0) is 64.7 Å². The third-order valence-corrected chi connectivity index (χ3v) is 6.60. The number of esters is 3. The molecule has 0 spiro atoms. The zero-order chi connectivity index (χ0) is 27.5. The molecule has 1 fully saturated rings. The Hall–Kier alpha value is -3.08. The lowest BCUT2D eigenvalue weighted by atomic mass is 10.0. The third kappa shape index (κ3) is 9.66. The van der Waals surface area contributed by atoms with Crippen molar-refractivity contribution in [1.82, 2.24) is 0 Å². The van der Waals surface area contributed by atoms with Crippen LogP contribution in [0.3, 0.4) is 0 Å². The number of carbonyl (C=O) groups excluding carboxylic acids is 3. The van der Waals surface area contributed by atoms with Crippen LogP contribution in [0.25, 0.3) is 0 Å². The molecule has 1 aliphatic heterocycles. The van der Waals surface area contributed by atoms with E-state index in [2.05, 4.69) is 0 Å². The van der Waals surface area contributed by atoms with Crippen molar-refractivity contribution in [2.45, 2.75) is 65.0 Å². The molecule has 4 atom stereocenters. The van der Waals surface area contributed by atoms with E-state index in [9.17, 15) is 18.9 Å². The van der Waals surface area contributed by atoms with Gasteiger partial charge in [-0.2, -0.15) is 0 Å². The maximum absolute atomic E-state index is 13.9. The predicted molar refractivity (Wildman–Crippen MR) is 132 cm³/mol. The molecule has 2 aromatic carbocycles. The second-order valence-corrected chi connectivity index (χ2v) is 10.1. The molecular formula is C26H31O11P. The van der Waals surface area contributed by atoms with E-state index in [0.29, 0.717) is 11.1 Å². The van der Waals surface area contributed by atoms with E-state index >= 15 is 0 Å². The molecular weight excluding hydrogens is 519 g/mol. The maximum Gasteiger partial charge on any atom is 0.477 e. The van der Waals surface area contributed by atoms with Crippen LogP contribution >= 0.6 is 7.82 Å². The SMILES string of the molecule is CC(=O)OC[C@@H]1C[C@H](OC(C)=O)[C@H](OC(C)=O)[C@@H](OP(=O)(OCc2ccccc2)OCc2ccccc2)O1. The summed E-state index contributed by atoms with van der Waals surface area (Å²) in [4.78, 5) is 35.0. The number of phosphoric ester groups is 1. The molecule has 0 N–H and O–H groups in total. The smallest absolute Gasteiger partial charge is 0.463 e. The summed E-state index contributed by atoms with van der Waals surface area (Å²) in [6.45, 7) is 3.12. The molecule has 38 heavy (non-hydrogen) atoms. The standard InChI is InChI=1S/C26H31O11P/c1-18(27)31-17-23-14-24(34-19(2)28)25(35-20(3)29)26(36-23)37-38(30,32-15-21-10-6-4-7-11-21)33-16-22-12-8-5-9-13-22/h4-13,23-26H,14-17H2,1-3H3/t23-,24-,25-,26+/m0/s1. The van der Waals surface area contributed by atoms with E-state index in [4.69, 9.17) is 32.5 Å². The van der Waals surface area contributed by atoms with Gasteiger partial charge in [0.1, 0.15) is 12.7 Å². The molecule has 0 saturated carbocycles. The largest absolute Gasteiger partial charge is 0.477 e. The fourth-order valence-corrected chi connectivity index (χ4v) is 4.86. The van der Waals surface area contributed by atoms with Gasteiger partial charge >= 0.3 is 25.7 Å². The van der Waals surface area contributed by atoms with Crippen molar-refractivity contribution in [3.05, 3.63) is 71.8 Å². The first kappa shape index (κ1) is 29.5. The highest BCUT2D eigenvalue weighted by Gasteiger charge is 2.48. The second-order valence-electron chi connectivity index (χ2n) is 8.46. The van der Waals surface area contributed by atoms with Crippen LogP contribution in [0.2, 0.25) is 0 Å². The van der Waals surface area contributed by atoms with Crippen LogP contribution in [-0.4, -0.2) is 49.1 Å². The van der Waals surface area contributed by atoms with Gasteiger partial charge in [0.05, 0.1) is 19.3 Å². The number of phosphoric acid groups is 1. The Balaban J connectivity index is 1.87. The van der Waals surface area contributed by atoms with Gasteiger partial charge in [0, 0.05) is 27.2 Å². The highest BCUT2D eigenvalue weighted by Crippen LogP contribution is 2.53. The van der Waals surface area contributed by atoms with Gasteiger partial charge in [-0.15, -0.1) is 0 Å². The van der Waals surface area contributed by atoms with Crippen LogP contribution in [0, 0.1) is 0 Å². The lowest BCUT2D eigenvalue weighted by Crippen LogP contribution is -2.53. The number of benzene rings is 2. The molecule has 1 heterocycles. The average Bonchev–Trinajstić information content (AvgIpc) is 2.88. The first-order valence-electron chi connectivity index (χ1n) is 11.9. The molecule has 1 aliphatic rings. The van der Waals surface area contributed by atoms with Crippen LogP contribution in [0.4, 0.5) is 0 Å². The normalized spacial score (nSPS) is 21.3. The van der Waals surface area contributed by atoms with Crippen molar-refractivity contribution in [1.29, 1.82) is 0 Å². The summed E-state index contributed by atoms with van der Waals surface area (Å²) < 4.78 is 52.5. The summed E-state index contributed by atoms with van der Waals surface area (Å²) in [7, 11) is -4.39. The van der Waals surface area contributed by atoms with Crippen molar-refractivity contribution >= 4 is 25.7 Å². The van der Waals surface area contributed by atoms with E-state index in [1.807, 2.05) is 12.1 Å². The zero-order valence-corrected chi connectivity index (χ0v) is 22.2. The molecule has 3 rings (SSSR count). The Morgan fingerprint density at radius 1 is 0.816 bits per heavy atom. The topological polar surface area (TPSA) is 133 Å². The summed E-state index contributed by atoms with van der Waals surface area (Å²) in [6.07, 6.45) is -4.72. The molecule has 0 aliphatic carbocycles. The Labute approximate surface area is 220 Å². The fraction of sp³-hybridized carbons (Fsp3) is 0.423. The van der Waals surface area contributed by atoms with Crippen LogP contribution < -0.4 is 0 Å². The second kappa shape index (κ2) is 14.2. The third-order valence-electron chi connectivity index (χ3n) is 5.25. The Morgan fingerprint density at radius 2 is 1.34 bits per heavy atom. The van der Waals surface area contributed by atoms with Gasteiger partial charge in [-0.25, -0.2) is 4.57 Å². The van der Waals surface area contributed by atoms with Gasteiger partial charge in [-0.3, -0.25) is 28.0 Å². The Kier molecular flexibility index (Phi) is 11.0. The van der Waals surface area contributed by atoms with Crippen LogP contribution in [0.1, 0.15) is 38.3 Å². The number of ether oxygens (including phenoxy) is 4. The molecule has 11 nitrogen and oxygen atoms in total. The first-order chi connectivity index (χ1) is 18.1. The molecule has 0 unspecified atom stereocenters. The highest BCUT2D eigenvalue weighted by atomic mass is 31.2. The number of rotatable bonds is 12. The molecule has 0 aromatic heterocycles. The van der Waals surface area contributed by atoms with E-state index in [-0.39, 0.29) is 26.2 Å². The van der Waals surface area contributed by atoms with Crippen molar-refractivity contribution in [3.63, 3.8) is 0 Å². The number of hydrogen-bond acceptors (Lipinski definition) is 11. The lowest BCUT2D eigenvalue weighted by molar-refractivity contribution is -0.259.